The Kier molecular flexibility index (Phi) is 4.25. The fourth-order valence-corrected chi connectivity index (χ4v) is 2.53. The minimum Gasteiger partial charge on any atom is -0.481 e. The van der Waals surface area contributed by atoms with Gasteiger partial charge >= 0.3 is 5.97 Å². The molecule has 4 nitrogen and oxygen atoms in total. The van der Waals surface area contributed by atoms with Crippen LogP contribution in [0.1, 0.15) is 30.1 Å². The van der Waals surface area contributed by atoms with Crippen LogP contribution in [0, 0.1) is 5.41 Å². The number of likely N-dealkylation sites (tertiary alicyclic amines) is 1. The molecule has 6 heteroatoms. The molecule has 108 valence electrons. The first kappa shape index (κ1) is 15.1. The number of nitrogens with zero attached hydrogens (tertiary/aromatic N) is 1. The lowest BCUT2D eigenvalue weighted by molar-refractivity contribution is -0.150. The molecule has 1 aliphatic heterocycles. The van der Waals surface area contributed by atoms with E-state index in [1.807, 2.05) is 0 Å². The maximum absolute atomic E-state index is 12.3. The molecular weight excluding hydrogens is 301 g/mol. The third-order valence-electron chi connectivity index (χ3n) is 3.84. The number of rotatable bonds is 2. The Morgan fingerprint density at radius 2 is 1.80 bits per heavy atom. The average Bonchev–Trinajstić information content (AvgIpc) is 2.42. The Hall–Kier alpha value is -1.26. The highest BCUT2D eigenvalue weighted by Crippen LogP contribution is 2.32. The third-order valence-corrected chi connectivity index (χ3v) is 4.58. The van der Waals surface area contributed by atoms with Crippen molar-refractivity contribution in [3.8, 4) is 0 Å². The van der Waals surface area contributed by atoms with Crippen molar-refractivity contribution < 1.29 is 14.7 Å². The van der Waals surface area contributed by atoms with E-state index in [0.29, 0.717) is 41.5 Å². The van der Waals surface area contributed by atoms with Gasteiger partial charge in [0.05, 0.1) is 15.5 Å². The minimum absolute atomic E-state index is 0.143. The van der Waals surface area contributed by atoms with Gasteiger partial charge in [0.1, 0.15) is 0 Å². The quantitative estimate of drug-likeness (QED) is 0.910. The normalized spacial score (nSPS) is 17.9. The van der Waals surface area contributed by atoms with E-state index < -0.39 is 11.4 Å². The molecule has 0 aliphatic carbocycles. The van der Waals surface area contributed by atoms with Gasteiger partial charge in [-0.1, -0.05) is 23.2 Å². The second-order valence-corrected chi connectivity index (χ2v) is 6.10. The lowest BCUT2D eigenvalue weighted by Crippen LogP contribution is -2.45. The number of hydrogen-bond donors (Lipinski definition) is 1. The number of halogens is 2. The van der Waals surface area contributed by atoms with Gasteiger partial charge in [0.2, 0.25) is 0 Å². The van der Waals surface area contributed by atoms with E-state index in [0.717, 1.165) is 0 Å². The molecule has 0 bridgehead atoms. The van der Waals surface area contributed by atoms with Crippen LogP contribution in [-0.4, -0.2) is 35.0 Å². The molecule has 0 unspecified atom stereocenters. The van der Waals surface area contributed by atoms with Gasteiger partial charge in [-0.25, -0.2) is 0 Å². The van der Waals surface area contributed by atoms with Crippen molar-refractivity contribution in [3.63, 3.8) is 0 Å². The van der Waals surface area contributed by atoms with Gasteiger partial charge in [0.15, 0.2) is 0 Å². The Labute approximate surface area is 127 Å². The largest absolute Gasteiger partial charge is 0.481 e. The molecule has 0 saturated carbocycles. The van der Waals surface area contributed by atoms with Crippen LogP contribution in [0.2, 0.25) is 10.0 Å². The molecule has 1 aromatic rings. The maximum atomic E-state index is 12.3. The summed E-state index contributed by atoms with van der Waals surface area (Å²) in [6.07, 6.45) is 0.908. The molecule has 1 heterocycles. The average molecular weight is 316 g/mol. The van der Waals surface area contributed by atoms with Crippen LogP contribution in [0.4, 0.5) is 0 Å². The summed E-state index contributed by atoms with van der Waals surface area (Å²) in [4.78, 5) is 25.1. The zero-order valence-corrected chi connectivity index (χ0v) is 12.5. The molecule has 1 fully saturated rings. The lowest BCUT2D eigenvalue weighted by atomic mass is 9.80. The first-order valence-electron chi connectivity index (χ1n) is 6.31. The predicted octanol–water partition coefficient (Wildman–Crippen LogP) is 3.32. The van der Waals surface area contributed by atoms with Crippen LogP contribution in [0.15, 0.2) is 18.2 Å². The summed E-state index contributed by atoms with van der Waals surface area (Å²) in [7, 11) is 0. The van der Waals surface area contributed by atoms with Gasteiger partial charge in [0.25, 0.3) is 5.91 Å². The molecule has 0 spiro atoms. The number of carboxylic acid groups (broad SMARTS) is 1. The van der Waals surface area contributed by atoms with Crippen molar-refractivity contribution in [3.05, 3.63) is 33.8 Å². The van der Waals surface area contributed by atoms with Crippen LogP contribution in [0.3, 0.4) is 0 Å². The van der Waals surface area contributed by atoms with E-state index in [1.54, 1.807) is 24.0 Å². The van der Waals surface area contributed by atoms with Crippen molar-refractivity contribution in [1.82, 2.24) is 4.90 Å². The molecule has 1 aliphatic rings. The zero-order valence-electron chi connectivity index (χ0n) is 11.0. The summed E-state index contributed by atoms with van der Waals surface area (Å²) in [6.45, 7) is 2.58. The summed E-state index contributed by atoms with van der Waals surface area (Å²) in [5, 5.41) is 9.91. The molecule has 1 N–H and O–H groups in total. The van der Waals surface area contributed by atoms with Crippen molar-refractivity contribution >= 4 is 35.1 Å². The third kappa shape index (κ3) is 2.91. The number of benzene rings is 1. The monoisotopic (exact) mass is 315 g/mol. The molecule has 0 atom stereocenters. The Morgan fingerprint density at radius 1 is 1.20 bits per heavy atom. The van der Waals surface area contributed by atoms with Gasteiger partial charge < -0.3 is 10.0 Å². The molecule has 0 aromatic heterocycles. The topological polar surface area (TPSA) is 57.6 Å². The van der Waals surface area contributed by atoms with Gasteiger partial charge in [-0.05, 0) is 38.0 Å². The first-order chi connectivity index (χ1) is 9.33. The highest BCUT2D eigenvalue weighted by atomic mass is 35.5. The summed E-state index contributed by atoms with van der Waals surface area (Å²) in [6, 6.07) is 4.75. The van der Waals surface area contributed by atoms with Gasteiger partial charge in [-0.2, -0.15) is 0 Å². The Balaban J connectivity index is 2.08. The molecule has 2 rings (SSSR count). The molecule has 1 aromatic carbocycles. The van der Waals surface area contributed by atoms with Gasteiger partial charge in [-0.15, -0.1) is 0 Å². The van der Waals surface area contributed by atoms with E-state index in [2.05, 4.69) is 0 Å². The molecule has 20 heavy (non-hydrogen) atoms. The van der Waals surface area contributed by atoms with Gasteiger partial charge in [-0.3, -0.25) is 9.59 Å². The number of amides is 1. The highest BCUT2D eigenvalue weighted by Gasteiger charge is 2.38. The fraction of sp³-hybridized carbons (Fsp3) is 0.429. The van der Waals surface area contributed by atoms with E-state index in [-0.39, 0.29) is 5.91 Å². The number of hydrogen-bond acceptors (Lipinski definition) is 2. The SMILES string of the molecule is CC1(C(=O)O)CCN(C(=O)c2ccc(Cl)c(Cl)c2)CC1. The lowest BCUT2D eigenvalue weighted by Gasteiger charge is -2.36. The van der Waals surface area contributed by atoms with Crippen molar-refractivity contribution in [1.29, 1.82) is 0 Å². The summed E-state index contributed by atoms with van der Waals surface area (Å²) in [5.41, 5.74) is -0.271. The standard InChI is InChI=1S/C14H15Cl2NO3/c1-14(13(19)20)4-6-17(7-5-14)12(18)9-2-3-10(15)11(16)8-9/h2-3,8H,4-7H2,1H3,(H,19,20). The number of aliphatic carboxylic acids is 1. The van der Waals surface area contributed by atoms with Crippen LogP contribution >= 0.6 is 23.2 Å². The maximum Gasteiger partial charge on any atom is 0.309 e. The Morgan fingerprint density at radius 3 is 2.30 bits per heavy atom. The van der Waals surface area contributed by atoms with Crippen molar-refractivity contribution in [2.24, 2.45) is 5.41 Å². The summed E-state index contributed by atoms with van der Waals surface area (Å²) >= 11 is 11.7. The zero-order chi connectivity index (χ0) is 14.9. The number of carbonyl (C=O) groups excluding carboxylic acids is 1. The van der Waals surface area contributed by atoms with Crippen LogP contribution in [0.25, 0.3) is 0 Å². The second kappa shape index (κ2) is 5.62. The smallest absolute Gasteiger partial charge is 0.309 e. The molecule has 1 saturated heterocycles. The highest BCUT2D eigenvalue weighted by molar-refractivity contribution is 6.42. The number of piperidine rings is 1. The Bertz CT molecular complexity index is 551. The number of carbonyl (C=O) groups is 2. The first-order valence-corrected chi connectivity index (χ1v) is 7.07. The fourth-order valence-electron chi connectivity index (χ4n) is 2.23. The summed E-state index contributed by atoms with van der Waals surface area (Å²) in [5.74, 6) is -0.949. The molecule has 1 amide bonds. The minimum atomic E-state index is -0.806. The van der Waals surface area contributed by atoms with Gasteiger partial charge in [0, 0.05) is 18.7 Å². The van der Waals surface area contributed by atoms with E-state index in [1.165, 1.54) is 6.07 Å². The summed E-state index contributed by atoms with van der Waals surface area (Å²) < 4.78 is 0. The molecular formula is C14H15Cl2NO3. The van der Waals surface area contributed by atoms with Crippen LogP contribution in [-0.2, 0) is 4.79 Å². The van der Waals surface area contributed by atoms with Crippen LogP contribution < -0.4 is 0 Å². The van der Waals surface area contributed by atoms with Crippen molar-refractivity contribution in [2.45, 2.75) is 19.8 Å². The molecule has 0 radical (unpaired) electrons. The van der Waals surface area contributed by atoms with Crippen LogP contribution in [0.5, 0.6) is 0 Å². The number of carboxylic acids is 1. The predicted molar refractivity (Wildman–Crippen MR) is 77.3 cm³/mol. The van der Waals surface area contributed by atoms with Crippen molar-refractivity contribution in [2.75, 3.05) is 13.1 Å². The second-order valence-electron chi connectivity index (χ2n) is 5.29. The van der Waals surface area contributed by atoms with E-state index >= 15 is 0 Å². The van der Waals surface area contributed by atoms with E-state index in [4.69, 9.17) is 23.2 Å². The van der Waals surface area contributed by atoms with E-state index in [9.17, 15) is 14.7 Å².